The maximum atomic E-state index is 13.0. The van der Waals surface area contributed by atoms with Crippen LogP contribution in [0.4, 0.5) is 5.69 Å². The Morgan fingerprint density at radius 2 is 1.93 bits per heavy atom. The van der Waals surface area contributed by atoms with Crippen LogP contribution in [0.3, 0.4) is 0 Å². The van der Waals surface area contributed by atoms with Crippen molar-refractivity contribution in [1.82, 2.24) is 10.2 Å². The van der Waals surface area contributed by atoms with Crippen LogP contribution in [0, 0.1) is 0 Å². The molecule has 0 aliphatic carbocycles. The zero-order chi connectivity index (χ0) is 20.9. The van der Waals surface area contributed by atoms with Crippen molar-refractivity contribution >= 4 is 22.4 Å². The van der Waals surface area contributed by atoms with E-state index < -0.39 is 0 Å². The normalized spacial score (nSPS) is 13.3. The second-order valence-corrected chi connectivity index (χ2v) is 7.30. The van der Waals surface area contributed by atoms with E-state index in [1.807, 2.05) is 49.4 Å². The van der Waals surface area contributed by atoms with Crippen LogP contribution in [-0.2, 0) is 11.3 Å². The SMILES string of the molecule is CCC[NH+](Cc1nnc(-c2ccco2)o1)[C@H](C)C(=O)Nc1cccc2ccccc12. The van der Waals surface area contributed by atoms with Gasteiger partial charge in [0, 0.05) is 11.1 Å². The van der Waals surface area contributed by atoms with E-state index >= 15 is 0 Å². The Kier molecular flexibility index (Phi) is 5.90. The first-order chi connectivity index (χ1) is 14.7. The van der Waals surface area contributed by atoms with Crippen LogP contribution in [0.25, 0.3) is 22.4 Å². The number of fused-ring (bicyclic) bond motifs is 1. The Hall–Kier alpha value is -3.45. The minimum atomic E-state index is -0.289. The summed E-state index contributed by atoms with van der Waals surface area (Å²) in [5, 5.41) is 13.4. The Balaban J connectivity index is 1.48. The molecule has 0 radical (unpaired) electrons. The minimum absolute atomic E-state index is 0.0411. The van der Waals surface area contributed by atoms with Crippen LogP contribution >= 0.6 is 0 Å². The van der Waals surface area contributed by atoms with Gasteiger partial charge in [0.2, 0.25) is 0 Å². The summed E-state index contributed by atoms with van der Waals surface area (Å²) >= 11 is 0. The van der Waals surface area contributed by atoms with E-state index in [9.17, 15) is 4.79 Å². The van der Waals surface area contributed by atoms with E-state index in [0.717, 1.165) is 34.3 Å². The predicted molar refractivity (Wildman–Crippen MR) is 114 cm³/mol. The number of amides is 1. The molecule has 0 saturated carbocycles. The number of quaternary nitrogens is 1. The molecule has 1 amide bonds. The standard InChI is InChI=1S/C23H24N4O3/c1-3-13-27(15-21-25-26-23(30-21)20-12-7-14-29-20)16(2)22(28)24-19-11-6-9-17-8-4-5-10-18(17)19/h4-12,14,16H,3,13,15H2,1-2H3,(H,24,28)/p+1/t16-/m1/s1. The van der Waals surface area contributed by atoms with Gasteiger partial charge in [0.25, 0.3) is 17.7 Å². The fourth-order valence-electron chi connectivity index (χ4n) is 3.56. The quantitative estimate of drug-likeness (QED) is 0.470. The first-order valence-corrected chi connectivity index (χ1v) is 10.1. The molecule has 7 heteroatoms. The van der Waals surface area contributed by atoms with E-state index in [-0.39, 0.29) is 11.9 Å². The van der Waals surface area contributed by atoms with Crippen LogP contribution in [0.15, 0.2) is 69.7 Å². The highest BCUT2D eigenvalue weighted by Crippen LogP contribution is 2.23. The van der Waals surface area contributed by atoms with E-state index in [4.69, 9.17) is 8.83 Å². The predicted octanol–water partition coefficient (Wildman–Crippen LogP) is 3.30. The van der Waals surface area contributed by atoms with E-state index in [1.165, 1.54) is 0 Å². The zero-order valence-electron chi connectivity index (χ0n) is 17.1. The van der Waals surface area contributed by atoms with Crippen molar-refractivity contribution in [1.29, 1.82) is 0 Å². The monoisotopic (exact) mass is 405 g/mol. The van der Waals surface area contributed by atoms with Crippen molar-refractivity contribution in [2.24, 2.45) is 0 Å². The summed E-state index contributed by atoms with van der Waals surface area (Å²) in [6.07, 6.45) is 2.49. The molecule has 154 valence electrons. The maximum Gasteiger partial charge on any atom is 0.283 e. The lowest BCUT2D eigenvalue weighted by molar-refractivity contribution is -0.928. The molecule has 0 spiro atoms. The molecule has 2 aromatic carbocycles. The molecule has 0 bridgehead atoms. The average molecular weight is 405 g/mol. The van der Waals surface area contributed by atoms with Gasteiger partial charge in [0.05, 0.1) is 12.8 Å². The van der Waals surface area contributed by atoms with E-state index in [1.54, 1.807) is 18.4 Å². The summed E-state index contributed by atoms with van der Waals surface area (Å²) in [6, 6.07) is 17.2. The van der Waals surface area contributed by atoms with Gasteiger partial charge in [-0.1, -0.05) is 43.3 Å². The van der Waals surface area contributed by atoms with Crippen molar-refractivity contribution in [3.63, 3.8) is 0 Å². The van der Waals surface area contributed by atoms with Gasteiger partial charge in [-0.05, 0) is 36.9 Å². The second-order valence-electron chi connectivity index (χ2n) is 7.30. The first-order valence-electron chi connectivity index (χ1n) is 10.1. The highest BCUT2D eigenvalue weighted by molar-refractivity contribution is 6.03. The molecule has 0 saturated heterocycles. The number of nitrogens with one attached hydrogen (secondary N) is 2. The molecule has 2 N–H and O–H groups in total. The number of anilines is 1. The van der Waals surface area contributed by atoms with Crippen molar-refractivity contribution in [2.75, 3.05) is 11.9 Å². The molecule has 0 aliphatic rings. The van der Waals surface area contributed by atoms with Crippen LogP contribution in [-0.4, -0.2) is 28.7 Å². The third-order valence-electron chi connectivity index (χ3n) is 5.20. The van der Waals surface area contributed by atoms with Crippen LogP contribution < -0.4 is 10.2 Å². The molecule has 30 heavy (non-hydrogen) atoms. The maximum absolute atomic E-state index is 13.0. The van der Waals surface area contributed by atoms with Crippen molar-refractivity contribution in [3.05, 3.63) is 66.8 Å². The molecule has 4 aromatic rings. The molecule has 2 aromatic heterocycles. The van der Waals surface area contributed by atoms with Gasteiger partial charge in [0.1, 0.15) is 0 Å². The number of hydrogen-bond donors (Lipinski definition) is 2. The zero-order valence-corrected chi connectivity index (χ0v) is 17.1. The number of rotatable bonds is 8. The van der Waals surface area contributed by atoms with Crippen molar-refractivity contribution < 1.29 is 18.5 Å². The van der Waals surface area contributed by atoms with Crippen molar-refractivity contribution in [3.8, 4) is 11.7 Å². The second kappa shape index (κ2) is 8.92. The Morgan fingerprint density at radius 3 is 2.73 bits per heavy atom. The lowest BCUT2D eigenvalue weighted by atomic mass is 10.1. The summed E-state index contributed by atoms with van der Waals surface area (Å²) in [7, 11) is 0. The molecule has 4 rings (SSSR count). The number of hydrogen-bond acceptors (Lipinski definition) is 5. The number of benzene rings is 2. The molecular formula is C23H25N4O3+. The highest BCUT2D eigenvalue weighted by Gasteiger charge is 2.27. The molecule has 2 atom stereocenters. The molecule has 1 unspecified atom stereocenters. The lowest BCUT2D eigenvalue weighted by Gasteiger charge is -2.23. The number of furan rings is 1. The Bertz CT molecular complexity index is 1120. The fraction of sp³-hybridized carbons (Fsp3) is 0.261. The van der Waals surface area contributed by atoms with Crippen LogP contribution in [0.5, 0.6) is 0 Å². The third-order valence-corrected chi connectivity index (χ3v) is 5.20. The van der Waals surface area contributed by atoms with Gasteiger partial charge in [0.15, 0.2) is 18.3 Å². The van der Waals surface area contributed by atoms with Crippen LogP contribution in [0.1, 0.15) is 26.2 Å². The summed E-state index contributed by atoms with van der Waals surface area (Å²) in [5.74, 6) is 1.32. The van der Waals surface area contributed by atoms with Gasteiger partial charge in [-0.15, -0.1) is 10.2 Å². The minimum Gasteiger partial charge on any atom is -0.459 e. The lowest BCUT2D eigenvalue weighted by Crippen LogP contribution is -3.15. The van der Waals surface area contributed by atoms with E-state index in [2.05, 4.69) is 22.4 Å². The van der Waals surface area contributed by atoms with Gasteiger partial charge in [-0.2, -0.15) is 0 Å². The first kappa shape index (κ1) is 19.8. The number of carbonyl (C=O) groups excluding carboxylic acids is 1. The summed E-state index contributed by atoms with van der Waals surface area (Å²) in [6.45, 7) is 5.29. The van der Waals surface area contributed by atoms with Crippen LogP contribution in [0.2, 0.25) is 0 Å². The van der Waals surface area contributed by atoms with Gasteiger partial charge >= 0.3 is 0 Å². The molecular weight excluding hydrogens is 380 g/mol. The smallest absolute Gasteiger partial charge is 0.283 e. The van der Waals surface area contributed by atoms with Gasteiger partial charge in [-0.3, -0.25) is 4.79 Å². The summed E-state index contributed by atoms with van der Waals surface area (Å²) in [5.41, 5.74) is 0.818. The average Bonchev–Trinajstić information content (AvgIpc) is 3.45. The number of carbonyl (C=O) groups is 1. The third kappa shape index (κ3) is 4.26. The molecule has 2 heterocycles. The highest BCUT2D eigenvalue weighted by atomic mass is 16.4. The topological polar surface area (TPSA) is 85.6 Å². The summed E-state index contributed by atoms with van der Waals surface area (Å²) in [4.78, 5) is 14.1. The Labute approximate surface area is 174 Å². The fourth-order valence-corrected chi connectivity index (χ4v) is 3.56. The van der Waals surface area contributed by atoms with E-state index in [0.29, 0.717) is 24.1 Å². The van der Waals surface area contributed by atoms with Gasteiger partial charge < -0.3 is 19.1 Å². The number of nitrogens with zero attached hydrogens (tertiary/aromatic N) is 2. The van der Waals surface area contributed by atoms with Gasteiger partial charge in [-0.25, -0.2) is 0 Å². The molecule has 0 aliphatic heterocycles. The molecule has 7 nitrogen and oxygen atoms in total. The Morgan fingerprint density at radius 1 is 1.10 bits per heavy atom. The van der Waals surface area contributed by atoms with Crippen molar-refractivity contribution in [2.45, 2.75) is 32.9 Å². The largest absolute Gasteiger partial charge is 0.459 e. The number of aromatic nitrogens is 2. The molecule has 0 fully saturated rings. The summed E-state index contributed by atoms with van der Waals surface area (Å²) < 4.78 is 11.0.